The monoisotopic (exact) mass is 320 g/mol. The average Bonchev–Trinajstić information content (AvgIpc) is 2.83. The molecular formula is C19H30NO3+. The van der Waals surface area contributed by atoms with Gasteiger partial charge in [0.15, 0.2) is 11.5 Å². The van der Waals surface area contributed by atoms with E-state index in [1.165, 1.54) is 31.4 Å². The fraction of sp³-hybridized carbons (Fsp3) is 0.684. The molecule has 0 spiro atoms. The molecule has 1 aromatic carbocycles. The van der Waals surface area contributed by atoms with Gasteiger partial charge in [0.1, 0.15) is 0 Å². The second kappa shape index (κ2) is 6.33. The van der Waals surface area contributed by atoms with E-state index >= 15 is 0 Å². The van der Waals surface area contributed by atoms with Gasteiger partial charge < -0.3 is 19.1 Å². The van der Waals surface area contributed by atoms with Crippen LogP contribution in [0.4, 0.5) is 0 Å². The summed E-state index contributed by atoms with van der Waals surface area (Å²) in [6.07, 6.45) is 5.57. The van der Waals surface area contributed by atoms with E-state index in [-0.39, 0.29) is 6.10 Å². The van der Waals surface area contributed by atoms with E-state index in [2.05, 4.69) is 14.1 Å². The second-order valence-electron chi connectivity index (χ2n) is 7.70. The Hall–Kier alpha value is -1.26. The highest BCUT2D eigenvalue weighted by atomic mass is 16.5. The van der Waals surface area contributed by atoms with Gasteiger partial charge in [-0.25, -0.2) is 0 Å². The number of ether oxygens (including phenoxy) is 2. The van der Waals surface area contributed by atoms with Crippen molar-refractivity contribution in [1.82, 2.24) is 0 Å². The molecule has 1 heterocycles. The predicted molar refractivity (Wildman–Crippen MR) is 90.9 cm³/mol. The summed E-state index contributed by atoms with van der Waals surface area (Å²) in [5.41, 5.74) is 2.23. The van der Waals surface area contributed by atoms with Gasteiger partial charge in [-0.15, -0.1) is 0 Å². The number of fused-ring (bicyclic) bond motifs is 1. The minimum absolute atomic E-state index is 0.308. The lowest BCUT2D eigenvalue weighted by Gasteiger charge is -2.43. The Balaban J connectivity index is 1.79. The Bertz CT molecular complexity index is 570. The van der Waals surface area contributed by atoms with Crippen molar-refractivity contribution in [1.29, 1.82) is 0 Å². The zero-order chi connectivity index (χ0) is 16.6. The molecule has 1 aliphatic carbocycles. The number of methoxy groups -OCH3 is 2. The van der Waals surface area contributed by atoms with Gasteiger partial charge in [0.05, 0.1) is 47.0 Å². The molecule has 4 nitrogen and oxygen atoms in total. The highest BCUT2D eigenvalue weighted by Gasteiger charge is 2.39. The molecule has 0 bridgehead atoms. The molecule has 0 aromatic heterocycles. The number of hydrogen-bond donors (Lipinski definition) is 1. The lowest BCUT2D eigenvalue weighted by atomic mass is 9.88. The van der Waals surface area contributed by atoms with Gasteiger partial charge in [-0.1, -0.05) is 0 Å². The van der Waals surface area contributed by atoms with Gasteiger partial charge in [0, 0.05) is 6.42 Å². The van der Waals surface area contributed by atoms with Crippen molar-refractivity contribution in [2.75, 3.05) is 34.9 Å². The lowest BCUT2D eigenvalue weighted by molar-refractivity contribution is -0.920. The van der Waals surface area contributed by atoms with Crippen molar-refractivity contribution in [2.45, 2.75) is 44.2 Å². The van der Waals surface area contributed by atoms with Crippen LogP contribution in [0.1, 0.15) is 42.9 Å². The van der Waals surface area contributed by atoms with E-state index in [9.17, 15) is 5.11 Å². The zero-order valence-electron chi connectivity index (χ0n) is 14.8. The van der Waals surface area contributed by atoms with Crippen molar-refractivity contribution in [3.05, 3.63) is 23.3 Å². The van der Waals surface area contributed by atoms with E-state index in [0.717, 1.165) is 28.6 Å². The van der Waals surface area contributed by atoms with Crippen LogP contribution in [0.3, 0.4) is 0 Å². The molecule has 3 unspecified atom stereocenters. The Kier molecular flexibility index (Phi) is 4.56. The maximum absolute atomic E-state index is 10.8. The number of aliphatic hydroxyl groups excluding tert-OH is 1. The fourth-order valence-corrected chi connectivity index (χ4v) is 4.43. The van der Waals surface area contributed by atoms with E-state index in [1.807, 2.05) is 12.1 Å². The zero-order valence-corrected chi connectivity index (χ0v) is 14.8. The third-order valence-corrected chi connectivity index (χ3v) is 5.98. The van der Waals surface area contributed by atoms with Gasteiger partial charge in [-0.3, -0.25) is 0 Å². The van der Waals surface area contributed by atoms with Crippen LogP contribution >= 0.6 is 0 Å². The number of benzene rings is 1. The molecule has 0 radical (unpaired) electrons. The number of hydrogen-bond acceptors (Lipinski definition) is 3. The van der Waals surface area contributed by atoms with Gasteiger partial charge in [0.2, 0.25) is 0 Å². The van der Waals surface area contributed by atoms with E-state index in [0.29, 0.717) is 17.7 Å². The summed E-state index contributed by atoms with van der Waals surface area (Å²) in [4.78, 5) is 0. The number of likely N-dealkylation sites (tertiary alicyclic amines) is 1. The van der Waals surface area contributed by atoms with Crippen LogP contribution in [-0.4, -0.2) is 50.5 Å². The summed E-state index contributed by atoms with van der Waals surface area (Å²) < 4.78 is 11.9. The molecule has 3 rings (SSSR count). The third kappa shape index (κ3) is 3.07. The Morgan fingerprint density at radius 3 is 2.48 bits per heavy atom. The van der Waals surface area contributed by atoms with E-state index in [1.54, 1.807) is 14.2 Å². The van der Waals surface area contributed by atoms with Crippen molar-refractivity contribution in [3.8, 4) is 11.5 Å². The minimum atomic E-state index is -0.383. The second-order valence-corrected chi connectivity index (χ2v) is 7.70. The van der Waals surface area contributed by atoms with Crippen LogP contribution in [0.2, 0.25) is 0 Å². The van der Waals surface area contributed by atoms with Crippen molar-refractivity contribution in [2.24, 2.45) is 5.92 Å². The molecule has 2 aliphatic rings. The molecule has 23 heavy (non-hydrogen) atoms. The molecular weight excluding hydrogens is 290 g/mol. The number of quaternary nitrogens is 1. The first-order chi connectivity index (χ1) is 11.0. The number of nitrogens with zero attached hydrogens (tertiary/aromatic N) is 1. The first-order valence-electron chi connectivity index (χ1n) is 8.72. The first kappa shape index (κ1) is 16.6. The number of piperidine rings is 1. The Morgan fingerprint density at radius 2 is 1.83 bits per heavy atom. The van der Waals surface area contributed by atoms with Crippen LogP contribution in [0.15, 0.2) is 12.1 Å². The molecule has 0 amide bonds. The third-order valence-electron chi connectivity index (χ3n) is 5.98. The van der Waals surface area contributed by atoms with Crippen LogP contribution < -0.4 is 9.47 Å². The van der Waals surface area contributed by atoms with Gasteiger partial charge >= 0.3 is 0 Å². The summed E-state index contributed by atoms with van der Waals surface area (Å²) >= 11 is 0. The summed E-state index contributed by atoms with van der Waals surface area (Å²) in [6.45, 7) is 1.25. The van der Waals surface area contributed by atoms with Crippen LogP contribution in [0.5, 0.6) is 11.5 Å². The Morgan fingerprint density at radius 1 is 1.13 bits per heavy atom. The average molecular weight is 320 g/mol. The fourth-order valence-electron chi connectivity index (χ4n) is 4.43. The molecule has 1 aromatic rings. The smallest absolute Gasteiger partial charge is 0.161 e. The highest BCUT2D eigenvalue weighted by Crippen LogP contribution is 2.44. The summed E-state index contributed by atoms with van der Waals surface area (Å²) in [6, 6.07) is 4.65. The van der Waals surface area contributed by atoms with Crippen LogP contribution in [-0.2, 0) is 6.42 Å². The molecule has 128 valence electrons. The SMILES string of the molecule is COc1cc2c(cc1OC)C(O)C(CC1CCCC[N+]1(C)C)C2. The summed E-state index contributed by atoms with van der Waals surface area (Å²) in [5, 5.41) is 10.8. The van der Waals surface area contributed by atoms with E-state index in [4.69, 9.17) is 9.47 Å². The molecule has 0 saturated carbocycles. The summed E-state index contributed by atoms with van der Waals surface area (Å²) in [5.74, 6) is 1.77. The number of rotatable bonds is 4. The van der Waals surface area contributed by atoms with Gasteiger partial charge in [-0.05, 0) is 54.9 Å². The van der Waals surface area contributed by atoms with Crippen LogP contribution in [0.25, 0.3) is 0 Å². The molecule has 3 atom stereocenters. The number of aliphatic hydroxyl groups is 1. The maximum Gasteiger partial charge on any atom is 0.161 e. The predicted octanol–water partition coefficient (Wildman–Crippen LogP) is 2.93. The van der Waals surface area contributed by atoms with Crippen molar-refractivity contribution < 1.29 is 19.1 Å². The molecule has 1 saturated heterocycles. The Labute approximate surface area is 139 Å². The molecule has 4 heteroatoms. The van der Waals surface area contributed by atoms with Crippen molar-refractivity contribution >= 4 is 0 Å². The molecule has 1 N–H and O–H groups in total. The van der Waals surface area contributed by atoms with Gasteiger partial charge in [-0.2, -0.15) is 0 Å². The van der Waals surface area contributed by atoms with Crippen molar-refractivity contribution in [3.63, 3.8) is 0 Å². The standard InChI is InChI=1S/C19H30NO3/c1-20(2)8-6-5-7-15(20)10-14-9-13-11-17(22-3)18(23-4)12-16(13)19(14)21/h11-12,14-15,19,21H,5-10H2,1-4H3/q+1. The normalized spacial score (nSPS) is 29.2. The minimum Gasteiger partial charge on any atom is -0.493 e. The topological polar surface area (TPSA) is 38.7 Å². The van der Waals surface area contributed by atoms with Gasteiger partial charge in [0.25, 0.3) is 0 Å². The van der Waals surface area contributed by atoms with E-state index < -0.39 is 0 Å². The highest BCUT2D eigenvalue weighted by molar-refractivity contribution is 5.50. The molecule has 1 aliphatic heterocycles. The summed E-state index contributed by atoms with van der Waals surface area (Å²) in [7, 11) is 7.98. The lowest BCUT2D eigenvalue weighted by Crippen LogP contribution is -2.52. The van der Waals surface area contributed by atoms with Crippen LogP contribution in [0, 0.1) is 5.92 Å². The molecule has 1 fully saturated rings. The maximum atomic E-state index is 10.8. The largest absolute Gasteiger partial charge is 0.493 e. The first-order valence-corrected chi connectivity index (χ1v) is 8.72. The quantitative estimate of drug-likeness (QED) is 0.867.